The predicted octanol–water partition coefficient (Wildman–Crippen LogP) is 8.74. The summed E-state index contributed by atoms with van der Waals surface area (Å²) in [7, 11) is 0. The normalized spacial score (nSPS) is 13.5. The minimum absolute atomic E-state index is 0.0415. The number of anilines is 1. The van der Waals surface area contributed by atoms with Crippen LogP contribution in [-0.2, 0) is 25.6 Å². The average molecular weight is 1160 g/mol. The number of carbonyl (C=O) groups is 5. The number of nitrogens with zero attached hydrogens (tertiary/aromatic N) is 4. The number of fused-ring (bicyclic) bond motifs is 2. The van der Waals surface area contributed by atoms with E-state index in [1.165, 1.54) is 22.7 Å². The molecule has 1 aromatic carbocycles. The van der Waals surface area contributed by atoms with Crippen LogP contribution in [0.2, 0.25) is 0 Å². The zero-order valence-corrected chi connectivity index (χ0v) is 44.4. The summed E-state index contributed by atoms with van der Waals surface area (Å²) in [6.07, 6.45) is 8.87. The molecule has 2 aliphatic heterocycles. The molecule has 4 aromatic rings. The van der Waals surface area contributed by atoms with E-state index in [9.17, 15) is 40.7 Å². The second-order valence-electron chi connectivity index (χ2n) is 17.5. The molecule has 0 radical (unpaired) electrons. The molecular formula is C50H61BF8N10O8S2. The zero-order valence-electron chi connectivity index (χ0n) is 42.8. The number of nitrogen functional groups attached to an aromatic ring is 1. The summed E-state index contributed by atoms with van der Waals surface area (Å²) >= 11 is 2.92. The molecule has 2 aliphatic rings. The summed E-state index contributed by atoms with van der Waals surface area (Å²) in [4.78, 5) is 64.8. The van der Waals surface area contributed by atoms with Crippen LogP contribution in [0.5, 0.6) is 5.75 Å². The van der Waals surface area contributed by atoms with Crippen molar-refractivity contribution in [2.24, 2.45) is 10.7 Å². The van der Waals surface area contributed by atoms with Crippen molar-refractivity contribution in [2.75, 3.05) is 38.5 Å². The van der Waals surface area contributed by atoms with Gasteiger partial charge in [-0.25, -0.2) is 19.4 Å². The second kappa shape index (κ2) is 31.1. The van der Waals surface area contributed by atoms with E-state index in [0.29, 0.717) is 66.3 Å². The topological polar surface area (TPSA) is 268 Å². The largest absolute Gasteiger partial charge is 0.737 e. The molecule has 3 aromatic heterocycles. The molecule has 0 spiro atoms. The molecule has 0 unspecified atom stereocenters. The van der Waals surface area contributed by atoms with Gasteiger partial charge in [-0.2, -0.15) is 26.3 Å². The fourth-order valence-corrected chi connectivity index (χ4v) is 9.20. The first-order valence-corrected chi connectivity index (χ1v) is 26.5. The maximum Gasteiger partial charge on any atom is 0.737 e. The number of amides is 4. The van der Waals surface area contributed by atoms with E-state index in [1.54, 1.807) is 54.6 Å². The number of allylic oxidation sites excluding steroid dienone is 2. The third kappa shape index (κ3) is 22.0. The molecule has 0 aliphatic carbocycles. The number of rotatable bonds is 25. The van der Waals surface area contributed by atoms with E-state index >= 15 is 8.63 Å². The number of nitrogens with two attached hydrogens (primary N) is 2. The molecule has 5 heterocycles. The van der Waals surface area contributed by atoms with Gasteiger partial charge in [-0.3, -0.25) is 19.9 Å². The highest BCUT2D eigenvalue weighted by Gasteiger charge is 2.52. The molecule has 18 nitrogen and oxygen atoms in total. The molecule has 10 N–H and O–H groups in total. The Labute approximate surface area is 457 Å². The van der Waals surface area contributed by atoms with Crippen molar-refractivity contribution in [3.8, 4) is 5.75 Å². The first-order valence-electron chi connectivity index (χ1n) is 24.8. The number of aliphatic carboxylic acids is 2. The molecular weight excluding hydrogens is 1100 g/mol. The van der Waals surface area contributed by atoms with Crippen LogP contribution >= 0.6 is 22.7 Å². The maximum atomic E-state index is 16.1. The van der Waals surface area contributed by atoms with Crippen LogP contribution < -0.4 is 37.5 Å². The van der Waals surface area contributed by atoms with Crippen LogP contribution in [-0.4, -0.2) is 118 Å². The quantitative estimate of drug-likeness (QED) is 0.0102. The highest BCUT2D eigenvalue weighted by molar-refractivity contribution is 7.15. The monoisotopic (exact) mass is 1160 g/mol. The van der Waals surface area contributed by atoms with Crippen molar-refractivity contribution in [1.29, 1.82) is 0 Å². The van der Waals surface area contributed by atoms with Gasteiger partial charge in [-0.1, -0.05) is 56.4 Å². The predicted molar refractivity (Wildman–Crippen MR) is 287 cm³/mol. The zero-order chi connectivity index (χ0) is 58.2. The van der Waals surface area contributed by atoms with Crippen molar-refractivity contribution < 1.29 is 78.4 Å². The minimum atomic E-state index is -5.08. The number of carboxylic acids is 2. The smallest absolute Gasteiger partial charge is 0.484 e. The molecule has 0 bridgehead atoms. The number of aromatic nitrogens is 2. The van der Waals surface area contributed by atoms with Crippen molar-refractivity contribution in [3.05, 3.63) is 104 Å². The number of carbonyl (C=O) groups excluding carboxylic acids is 3. The first-order chi connectivity index (χ1) is 37.4. The van der Waals surface area contributed by atoms with E-state index in [4.69, 9.17) is 36.0 Å². The number of unbranched alkanes of at least 4 members (excludes halogenated alkanes) is 7. The van der Waals surface area contributed by atoms with Gasteiger partial charge in [-0.05, 0) is 92.8 Å². The molecule has 29 heteroatoms. The molecule has 0 saturated carbocycles. The number of hydrogen-bond donors (Lipinski definition) is 8. The molecule has 6 rings (SSSR count). The maximum absolute atomic E-state index is 16.1. The molecule has 430 valence electrons. The summed E-state index contributed by atoms with van der Waals surface area (Å²) in [5.74, 6) is -5.09. The van der Waals surface area contributed by atoms with Crippen LogP contribution in [0, 0.1) is 6.92 Å². The van der Waals surface area contributed by atoms with E-state index in [1.807, 2.05) is 36.6 Å². The van der Waals surface area contributed by atoms with Crippen LogP contribution in [0.1, 0.15) is 103 Å². The number of thiazole rings is 1. The van der Waals surface area contributed by atoms with E-state index in [2.05, 4.69) is 31.2 Å². The summed E-state index contributed by atoms with van der Waals surface area (Å²) < 4.78 is 104. The molecule has 4 amide bonds. The number of halogens is 8. The number of aliphatic imine (C=N–C) groups is 1. The number of aryl methyl sites for hydroxylation is 2. The van der Waals surface area contributed by atoms with Gasteiger partial charge in [0.1, 0.15) is 5.75 Å². The lowest BCUT2D eigenvalue weighted by molar-refractivity contribution is -0.360. The van der Waals surface area contributed by atoms with Crippen LogP contribution in [0.4, 0.5) is 44.9 Å². The summed E-state index contributed by atoms with van der Waals surface area (Å²) in [6.45, 7) is -0.108. The van der Waals surface area contributed by atoms with E-state index in [0.717, 1.165) is 101 Å². The fourth-order valence-electron chi connectivity index (χ4n) is 7.58. The Hall–Kier alpha value is -7.56. The standard InChI is InChI=1S/C46H59BF2N10O4S2.2C2HF3O2/c1-33-40(65-45(51)56-33)13-11-29-54-44(50)57-46(62)55-28-9-5-3-2-4-8-26-52-42(60)15-7-6-10-27-53-43(61)32-63-38-23-17-34(18-24-38)16-19-35-20-21-36-31-37-22-25-39(41-14-12-30-64-41)59(37)47(48,49)58(35)36;2*3-2(4,5)1(6)7/h12,14,16-25,30-31H,2-11,13,15,26-29,32H2,1H3,(H2,51,56)(H,52,60)(H,53,61)(H4,50,54,55,57,62);2*(H,6,7)/b19-16+;;. The van der Waals surface area contributed by atoms with Crippen molar-refractivity contribution in [2.45, 2.75) is 96.3 Å². The van der Waals surface area contributed by atoms with Crippen molar-refractivity contribution in [1.82, 2.24) is 30.7 Å². The van der Waals surface area contributed by atoms with Crippen LogP contribution in [0.15, 0.2) is 76.8 Å². The van der Waals surface area contributed by atoms with Gasteiger partial charge in [0.25, 0.3) is 5.91 Å². The minimum Gasteiger partial charge on any atom is -0.484 e. The summed E-state index contributed by atoms with van der Waals surface area (Å²) in [5, 5.41) is 27.9. The van der Waals surface area contributed by atoms with Gasteiger partial charge in [-0.15, -0.1) is 22.7 Å². The highest BCUT2D eigenvalue weighted by Crippen LogP contribution is 2.35. The Balaban J connectivity index is 0.000000847. The molecule has 0 atom stereocenters. The van der Waals surface area contributed by atoms with Crippen molar-refractivity contribution in [3.63, 3.8) is 0 Å². The Bertz CT molecular complexity index is 2810. The van der Waals surface area contributed by atoms with Crippen molar-refractivity contribution >= 4 is 94.5 Å². The Morgan fingerprint density at radius 1 is 0.797 bits per heavy atom. The lowest BCUT2D eigenvalue weighted by Gasteiger charge is -2.30. The van der Waals surface area contributed by atoms with Gasteiger partial charge < -0.3 is 60.0 Å². The molecule has 0 fully saturated rings. The van der Waals surface area contributed by atoms with E-state index in [-0.39, 0.29) is 30.4 Å². The number of urea groups is 1. The van der Waals surface area contributed by atoms with Gasteiger partial charge in [0.15, 0.2) is 29.1 Å². The van der Waals surface area contributed by atoms with Crippen LogP contribution in [0.3, 0.4) is 0 Å². The third-order valence-corrected chi connectivity index (χ3v) is 13.4. The summed E-state index contributed by atoms with van der Waals surface area (Å²) in [6, 6.07) is 13.9. The number of benzene rings is 1. The lowest BCUT2D eigenvalue weighted by atomic mass is 9.90. The van der Waals surface area contributed by atoms with Crippen LogP contribution in [0.25, 0.3) is 18.2 Å². The lowest BCUT2D eigenvalue weighted by Crippen LogP contribution is -2.50. The number of nitrogens with one attached hydrogen (secondary N) is 4. The Kier molecular flexibility index (Phi) is 25.2. The molecule has 79 heavy (non-hydrogen) atoms. The number of ether oxygens (including phenoxy) is 1. The Morgan fingerprint density at radius 3 is 1.97 bits per heavy atom. The van der Waals surface area contributed by atoms with Gasteiger partial charge in [0.05, 0.1) is 10.6 Å². The van der Waals surface area contributed by atoms with Gasteiger partial charge in [0.2, 0.25) is 5.91 Å². The number of carboxylic acid groups (broad SMARTS) is 2. The fraction of sp³-hybridized carbons (Fsp3) is 0.400. The first kappa shape index (κ1) is 64.0. The van der Waals surface area contributed by atoms with Gasteiger partial charge in [0, 0.05) is 67.1 Å². The molecule has 0 saturated heterocycles. The second-order valence-corrected chi connectivity index (χ2v) is 19.6. The number of thiophene rings is 1. The highest BCUT2D eigenvalue weighted by atomic mass is 32.1. The van der Waals surface area contributed by atoms with E-state index < -0.39 is 31.3 Å². The number of alkyl halides is 6. The van der Waals surface area contributed by atoms with Gasteiger partial charge >= 0.3 is 37.3 Å². The summed E-state index contributed by atoms with van der Waals surface area (Å²) in [5.41, 5.74) is 15.1. The number of hydrogen-bond acceptors (Lipinski definition) is 11. The number of guanidine groups is 1. The Morgan fingerprint density at radius 2 is 1.39 bits per heavy atom. The SMILES string of the molecule is Cc1nc(N)sc1CCCN=C(N)NC(=O)NCCCCCCCCNC(=O)CCCCCNC(=O)COc1ccc(/C=C/c2ccc3n2[B-](F)(F)[N+]2=C(c4cccs4)C=CC2=C3)cc1.O=C(O)C(F)(F)F.O=C(O)C(F)(F)F. The third-order valence-electron chi connectivity index (χ3n) is 11.4. The average Bonchev–Trinajstić information content (AvgIpc) is 4.43.